The van der Waals surface area contributed by atoms with E-state index >= 15 is 0 Å². The van der Waals surface area contributed by atoms with Crippen molar-refractivity contribution in [3.63, 3.8) is 0 Å². The highest BCUT2D eigenvalue weighted by molar-refractivity contribution is 9.11. The summed E-state index contributed by atoms with van der Waals surface area (Å²) in [7, 11) is 0. The lowest BCUT2D eigenvalue weighted by Crippen LogP contribution is -1.98. The summed E-state index contributed by atoms with van der Waals surface area (Å²) in [6, 6.07) is 5.50. The lowest BCUT2D eigenvalue weighted by atomic mass is 10.2. The summed E-state index contributed by atoms with van der Waals surface area (Å²) in [4.78, 5) is 14.8. The van der Waals surface area contributed by atoms with E-state index in [2.05, 4.69) is 36.8 Å². The highest BCUT2D eigenvalue weighted by Crippen LogP contribution is 2.31. The fourth-order valence-electron chi connectivity index (χ4n) is 1.37. The number of benzene rings is 1. The molecule has 0 aliphatic rings. The molecule has 0 atom stereocenters. The molecule has 17 heavy (non-hydrogen) atoms. The molecule has 0 aliphatic heterocycles. The molecule has 6 heteroatoms. The Kier molecular flexibility index (Phi) is 3.35. The van der Waals surface area contributed by atoms with Gasteiger partial charge in [-0.15, -0.1) is 0 Å². The Hall–Kier alpha value is -1.14. The fourth-order valence-corrected chi connectivity index (χ4v) is 2.15. The van der Waals surface area contributed by atoms with Gasteiger partial charge in [0.05, 0.1) is 5.56 Å². The number of carboxylic acid groups (broad SMARTS) is 1. The van der Waals surface area contributed by atoms with E-state index in [9.17, 15) is 4.79 Å². The number of hydrogen-bond donors (Lipinski definition) is 1. The average Bonchev–Trinajstić information content (AvgIpc) is 2.64. The van der Waals surface area contributed by atoms with Gasteiger partial charge < -0.3 is 9.52 Å². The van der Waals surface area contributed by atoms with Crippen LogP contribution < -0.4 is 0 Å². The first-order chi connectivity index (χ1) is 7.99. The normalized spacial score (nSPS) is 10.5. The maximum Gasteiger partial charge on any atom is 0.358 e. The number of halogens is 2. The minimum atomic E-state index is -1.09. The van der Waals surface area contributed by atoms with Crippen molar-refractivity contribution in [3.05, 3.63) is 38.6 Å². The van der Waals surface area contributed by atoms with Crippen molar-refractivity contribution < 1.29 is 14.3 Å². The number of rotatable bonds is 2. The van der Waals surface area contributed by atoms with E-state index in [1.54, 1.807) is 13.0 Å². The van der Waals surface area contributed by atoms with Gasteiger partial charge in [0.2, 0.25) is 5.89 Å². The summed E-state index contributed by atoms with van der Waals surface area (Å²) in [5, 5.41) is 8.91. The van der Waals surface area contributed by atoms with E-state index in [0.717, 1.165) is 8.95 Å². The lowest BCUT2D eigenvalue weighted by molar-refractivity contribution is 0.0689. The van der Waals surface area contributed by atoms with Crippen LogP contribution in [0.15, 0.2) is 31.6 Å². The zero-order chi connectivity index (χ0) is 12.6. The van der Waals surface area contributed by atoms with Gasteiger partial charge in [-0.25, -0.2) is 9.78 Å². The fraction of sp³-hybridized carbons (Fsp3) is 0.0909. The molecule has 0 saturated heterocycles. The van der Waals surface area contributed by atoms with Crippen molar-refractivity contribution in [1.29, 1.82) is 0 Å². The van der Waals surface area contributed by atoms with Gasteiger partial charge in [-0.2, -0.15) is 0 Å². The molecular weight excluding hydrogens is 354 g/mol. The first kappa shape index (κ1) is 12.3. The molecule has 0 saturated carbocycles. The van der Waals surface area contributed by atoms with Crippen LogP contribution in [0.5, 0.6) is 0 Å². The first-order valence-electron chi connectivity index (χ1n) is 4.65. The Morgan fingerprint density at radius 1 is 1.41 bits per heavy atom. The molecule has 1 N–H and O–H groups in total. The molecule has 0 aliphatic carbocycles. The quantitative estimate of drug-likeness (QED) is 0.882. The number of aryl methyl sites for hydroxylation is 1. The number of carboxylic acids is 1. The molecule has 2 aromatic rings. The molecule has 4 nitrogen and oxygen atoms in total. The third-order valence-electron chi connectivity index (χ3n) is 2.16. The van der Waals surface area contributed by atoms with Crippen LogP contribution in [0.1, 0.15) is 16.2 Å². The van der Waals surface area contributed by atoms with Crippen molar-refractivity contribution in [3.8, 4) is 11.5 Å². The van der Waals surface area contributed by atoms with Crippen molar-refractivity contribution >= 4 is 37.8 Å². The molecule has 0 bridgehead atoms. The Labute approximate surface area is 114 Å². The third-order valence-corrected chi connectivity index (χ3v) is 3.34. The zero-order valence-corrected chi connectivity index (χ0v) is 11.9. The Bertz CT molecular complexity index is 592. The minimum Gasteiger partial charge on any atom is -0.476 e. The van der Waals surface area contributed by atoms with E-state index < -0.39 is 5.97 Å². The predicted molar refractivity (Wildman–Crippen MR) is 69.0 cm³/mol. The Morgan fingerprint density at radius 3 is 2.71 bits per heavy atom. The summed E-state index contributed by atoms with van der Waals surface area (Å²) < 4.78 is 7.01. The van der Waals surface area contributed by atoms with Crippen LogP contribution in [0.3, 0.4) is 0 Å². The highest BCUT2D eigenvalue weighted by atomic mass is 79.9. The first-order valence-corrected chi connectivity index (χ1v) is 6.24. The number of oxazole rings is 1. The van der Waals surface area contributed by atoms with Gasteiger partial charge in [-0.3, -0.25) is 0 Å². The molecular formula is C11H7Br2NO3. The van der Waals surface area contributed by atoms with Gasteiger partial charge in [-0.05, 0) is 41.1 Å². The van der Waals surface area contributed by atoms with Crippen LogP contribution in [0.25, 0.3) is 11.5 Å². The lowest BCUT2D eigenvalue weighted by Gasteiger charge is -1.99. The zero-order valence-electron chi connectivity index (χ0n) is 8.70. The smallest absolute Gasteiger partial charge is 0.358 e. The monoisotopic (exact) mass is 359 g/mol. The second-order valence-corrected chi connectivity index (χ2v) is 5.12. The second kappa shape index (κ2) is 4.62. The van der Waals surface area contributed by atoms with Crippen molar-refractivity contribution in [2.75, 3.05) is 0 Å². The molecule has 0 amide bonds. The van der Waals surface area contributed by atoms with Crippen LogP contribution >= 0.6 is 31.9 Å². The molecule has 0 spiro atoms. The number of hydrogen-bond acceptors (Lipinski definition) is 3. The molecule has 2 rings (SSSR count). The second-order valence-electron chi connectivity index (χ2n) is 3.35. The Balaban J connectivity index is 2.57. The van der Waals surface area contributed by atoms with E-state index in [4.69, 9.17) is 9.52 Å². The summed E-state index contributed by atoms with van der Waals surface area (Å²) >= 11 is 6.71. The SMILES string of the molecule is Cc1oc(-c2cc(Br)ccc2Br)nc1C(=O)O. The van der Waals surface area contributed by atoms with Gasteiger partial charge in [0, 0.05) is 8.95 Å². The van der Waals surface area contributed by atoms with Crippen molar-refractivity contribution in [2.45, 2.75) is 6.92 Å². The Morgan fingerprint density at radius 2 is 2.12 bits per heavy atom. The van der Waals surface area contributed by atoms with Crippen molar-refractivity contribution in [1.82, 2.24) is 4.98 Å². The summed E-state index contributed by atoms with van der Waals surface area (Å²) in [5.41, 5.74) is 0.641. The van der Waals surface area contributed by atoms with E-state index in [1.807, 2.05) is 12.1 Å². The molecule has 1 heterocycles. The number of carbonyl (C=O) groups is 1. The molecule has 1 aromatic carbocycles. The number of nitrogens with zero attached hydrogens (tertiary/aromatic N) is 1. The van der Waals surface area contributed by atoms with Crippen molar-refractivity contribution in [2.24, 2.45) is 0 Å². The van der Waals surface area contributed by atoms with E-state index in [1.165, 1.54) is 0 Å². The van der Waals surface area contributed by atoms with Gasteiger partial charge in [0.1, 0.15) is 5.76 Å². The van der Waals surface area contributed by atoms with Gasteiger partial charge in [0.15, 0.2) is 5.69 Å². The maximum absolute atomic E-state index is 10.9. The van der Waals surface area contributed by atoms with Crippen LogP contribution in [0, 0.1) is 6.92 Å². The third kappa shape index (κ3) is 2.42. The van der Waals surface area contributed by atoms with Crippen LogP contribution in [0.4, 0.5) is 0 Å². The van der Waals surface area contributed by atoms with E-state index in [-0.39, 0.29) is 11.6 Å². The minimum absolute atomic E-state index is 0.0631. The maximum atomic E-state index is 10.9. The number of aromatic nitrogens is 1. The van der Waals surface area contributed by atoms with Gasteiger partial charge >= 0.3 is 5.97 Å². The average molecular weight is 361 g/mol. The predicted octanol–water partition coefficient (Wildman–Crippen LogP) is 3.87. The molecule has 0 unspecified atom stereocenters. The molecule has 0 fully saturated rings. The standard InChI is InChI=1S/C11H7Br2NO3/c1-5-9(11(15)16)14-10(17-5)7-4-6(12)2-3-8(7)13/h2-4H,1H3,(H,15,16). The summed E-state index contributed by atoms with van der Waals surface area (Å²) in [5.74, 6) is -0.518. The highest BCUT2D eigenvalue weighted by Gasteiger charge is 2.18. The van der Waals surface area contributed by atoms with Gasteiger partial charge in [0.25, 0.3) is 0 Å². The summed E-state index contributed by atoms with van der Waals surface area (Å²) in [6.07, 6.45) is 0. The largest absolute Gasteiger partial charge is 0.476 e. The van der Waals surface area contributed by atoms with Crippen LogP contribution in [-0.4, -0.2) is 16.1 Å². The number of aromatic carboxylic acids is 1. The molecule has 1 aromatic heterocycles. The topological polar surface area (TPSA) is 63.3 Å². The van der Waals surface area contributed by atoms with E-state index in [0.29, 0.717) is 11.3 Å². The van der Waals surface area contributed by atoms with Gasteiger partial charge in [-0.1, -0.05) is 15.9 Å². The van der Waals surface area contributed by atoms with Crippen LogP contribution in [0.2, 0.25) is 0 Å². The van der Waals surface area contributed by atoms with Crippen LogP contribution in [-0.2, 0) is 0 Å². The molecule has 0 radical (unpaired) electrons. The summed E-state index contributed by atoms with van der Waals surface area (Å²) in [6.45, 7) is 1.58. The molecule has 88 valence electrons.